The second-order valence-corrected chi connectivity index (χ2v) is 6.25. The number of carbonyl (C=O) groups excluding carboxylic acids is 1. The summed E-state index contributed by atoms with van der Waals surface area (Å²) >= 11 is 0. The molecule has 1 aliphatic rings. The molecule has 0 aliphatic carbocycles. The maximum absolute atomic E-state index is 12.5. The van der Waals surface area contributed by atoms with Crippen molar-refractivity contribution in [2.75, 3.05) is 30.4 Å². The van der Waals surface area contributed by atoms with Crippen molar-refractivity contribution in [2.45, 2.75) is 26.2 Å². The lowest BCUT2D eigenvalue weighted by Crippen LogP contribution is -2.29. The van der Waals surface area contributed by atoms with E-state index in [0.29, 0.717) is 17.0 Å². The van der Waals surface area contributed by atoms with Gasteiger partial charge in [-0.2, -0.15) is 0 Å². The third-order valence-corrected chi connectivity index (χ3v) is 4.45. The van der Waals surface area contributed by atoms with Crippen LogP contribution in [-0.4, -0.2) is 26.1 Å². The van der Waals surface area contributed by atoms with Gasteiger partial charge in [-0.05, 0) is 68.1 Å². The van der Waals surface area contributed by atoms with Crippen LogP contribution in [0.3, 0.4) is 0 Å². The van der Waals surface area contributed by atoms with Gasteiger partial charge >= 0.3 is 0 Å². The Morgan fingerprint density at radius 3 is 2.42 bits per heavy atom. The Labute approximate surface area is 143 Å². The molecule has 1 saturated heterocycles. The molecule has 1 aliphatic heterocycles. The van der Waals surface area contributed by atoms with Crippen molar-refractivity contribution in [1.29, 1.82) is 0 Å². The van der Waals surface area contributed by atoms with E-state index in [0.717, 1.165) is 18.7 Å². The van der Waals surface area contributed by atoms with Crippen molar-refractivity contribution in [3.63, 3.8) is 0 Å². The normalized spacial score (nSPS) is 14.3. The lowest BCUT2D eigenvalue weighted by molar-refractivity contribution is 0.102. The Morgan fingerprint density at radius 2 is 1.75 bits per heavy atom. The minimum atomic E-state index is -0.121. The topological polar surface area (TPSA) is 41.6 Å². The van der Waals surface area contributed by atoms with Gasteiger partial charge < -0.3 is 15.0 Å². The van der Waals surface area contributed by atoms with Gasteiger partial charge in [-0.3, -0.25) is 4.79 Å². The van der Waals surface area contributed by atoms with E-state index >= 15 is 0 Å². The summed E-state index contributed by atoms with van der Waals surface area (Å²) in [5, 5.41) is 2.94. The van der Waals surface area contributed by atoms with Gasteiger partial charge in [0.05, 0.1) is 12.8 Å². The Hall–Kier alpha value is -2.49. The number of benzene rings is 2. The minimum Gasteiger partial charge on any atom is -0.495 e. The first kappa shape index (κ1) is 16.4. The molecule has 1 amide bonds. The lowest BCUT2D eigenvalue weighted by Gasteiger charge is -2.28. The quantitative estimate of drug-likeness (QED) is 0.914. The summed E-state index contributed by atoms with van der Waals surface area (Å²) in [5.41, 5.74) is 3.62. The fourth-order valence-corrected chi connectivity index (χ4v) is 3.09. The summed E-state index contributed by atoms with van der Waals surface area (Å²) in [4.78, 5) is 14.9. The zero-order valence-electron chi connectivity index (χ0n) is 14.3. The number of piperidine rings is 1. The molecule has 0 aromatic heterocycles. The molecule has 0 bridgehead atoms. The Morgan fingerprint density at radius 1 is 1.04 bits per heavy atom. The summed E-state index contributed by atoms with van der Waals surface area (Å²) in [6.45, 7) is 4.20. The molecule has 0 unspecified atom stereocenters. The Bertz CT molecular complexity index is 704. The molecule has 4 heteroatoms. The number of methoxy groups -OCH3 is 1. The summed E-state index contributed by atoms with van der Waals surface area (Å²) in [6, 6.07) is 13.6. The second-order valence-electron chi connectivity index (χ2n) is 6.25. The zero-order valence-corrected chi connectivity index (χ0v) is 14.3. The van der Waals surface area contributed by atoms with Crippen LogP contribution in [0.1, 0.15) is 35.2 Å². The Balaban J connectivity index is 1.72. The summed E-state index contributed by atoms with van der Waals surface area (Å²) in [7, 11) is 1.60. The van der Waals surface area contributed by atoms with Crippen LogP contribution < -0.4 is 15.0 Å². The monoisotopic (exact) mass is 324 g/mol. The smallest absolute Gasteiger partial charge is 0.255 e. The van der Waals surface area contributed by atoms with Crippen LogP contribution in [0, 0.1) is 6.92 Å². The molecule has 1 heterocycles. The van der Waals surface area contributed by atoms with Crippen molar-refractivity contribution in [3.8, 4) is 5.75 Å². The highest BCUT2D eigenvalue weighted by Crippen LogP contribution is 2.26. The average Bonchev–Trinajstić information content (AvgIpc) is 2.63. The largest absolute Gasteiger partial charge is 0.495 e. The molecular weight excluding hydrogens is 300 g/mol. The predicted octanol–water partition coefficient (Wildman–Crippen LogP) is 4.25. The van der Waals surface area contributed by atoms with Crippen molar-refractivity contribution in [1.82, 2.24) is 0 Å². The molecule has 3 rings (SSSR count). The van der Waals surface area contributed by atoms with Gasteiger partial charge in [-0.1, -0.05) is 6.07 Å². The molecular formula is C20H24N2O2. The molecule has 1 N–H and O–H groups in total. The maximum atomic E-state index is 12.5. The lowest BCUT2D eigenvalue weighted by atomic mass is 10.1. The van der Waals surface area contributed by atoms with E-state index in [4.69, 9.17) is 4.74 Å². The Kier molecular flexibility index (Phi) is 5.04. The zero-order chi connectivity index (χ0) is 16.9. The summed E-state index contributed by atoms with van der Waals surface area (Å²) < 4.78 is 5.31. The van der Waals surface area contributed by atoms with E-state index in [9.17, 15) is 4.79 Å². The first-order chi connectivity index (χ1) is 11.7. The number of hydrogen-bond acceptors (Lipinski definition) is 3. The van der Waals surface area contributed by atoms with E-state index in [2.05, 4.69) is 10.2 Å². The number of hydrogen-bond donors (Lipinski definition) is 1. The molecule has 0 spiro atoms. The SMILES string of the molecule is COc1ccc(C)cc1NC(=O)c1ccc(N2CCCCC2)cc1. The van der Waals surface area contributed by atoms with E-state index in [1.54, 1.807) is 7.11 Å². The number of anilines is 2. The van der Waals surface area contributed by atoms with E-state index in [1.807, 2.05) is 49.4 Å². The minimum absolute atomic E-state index is 0.121. The predicted molar refractivity (Wildman–Crippen MR) is 98.2 cm³/mol. The summed E-state index contributed by atoms with van der Waals surface area (Å²) in [5.74, 6) is 0.544. The molecule has 4 nitrogen and oxygen atoms in total. The number of nitrogens with one attached hydrogen (secondary N) is 1. The van der Waals surface area contributed by atoms with Gasteiger partial charge in [-0.15, -0.1) is 0 Å². The van der Waals surface area contributed by atoms with Crippen LogP contribution in [0.4, 0.5) is 11.4 Å². The van der Waals surface area contributed by atoms with Gasteiger partial charge in [0, 0.05) is 24.3 Å². The molecule has 2 aromatic carbocycles. The van der Waals surface area contributed by atoms with Crippen molar-refractivity contribution in [3.05, 3.63) is 53.6 Å². The van der Waals surface area contributed by atoms with Crippen LogP contribution in [0.15, 0.2) is 42.5 Å². The molecule has 2 aromatic rings. The molecule has 24 heavy (non-hydrogen) atoms. The molecule has 0 atom stereocenters. The first-order valence-corrected chi connectivity index (χ1v) is 8.48. The standard InChI is InChI=1S/C20H24N2O2/c1-15-6-11-19(24-2)18(14-15)21-20(23)16-7-9-17(10-8-16)22-12-4-3-5-13-22/h6-11,14H,3-5,12-13H2,1-2H3,(H,21,23). The number of aryl methyl sites for hydroxylation is 1. The average molecular weight is 324 g/mol. The summed E-state index contributed by atoms with van der Waals surface area (Å²) in [6.07, 6.45) is 3.81. The molecule has 0 radical (unpaired) electrons. The number of amides is 1. The third kappa shape index (κ3) is 3.70. The molecule has 0 saturated carbocycles. The fraction of sp³-hybridized carbons (Fsp3) is 0.350. The van der Waals surface area contributed by atoms with Gasteiger partial charge in [0.25, 0.3) is 5.91 Å². The van der Waals surface area contributed by atoms with Gasteiger partial charge in [0.2, 0.25) is 0 Å². The molecule has 1 fully saturated rings. The van der Waals surface area contributed by atoms with Crippen LogP contribution in [-0.2, 0) is 0 Å². The number of nitrogens with zero attached hydrogens (tertiary/aromatic N) is 1. The first-order valence-electron chi connectivity index (χ1n) is 8.48. The van der Waals surface area contributed by atoms with Crippen molar-refractivity contribution in [2.24, 2.45) is 0 Å². The number of rotatable bonds is 4. The van der Waals surface area contributed by atoms with Gasteiger partial charge in [0.15, 0.2) is 0 Å². The van der Waals surface area contributed by atoms with Gasteiger partial charge in [-0.25, -0.2) is 0 Å². The van der Waals surface area contributed by atoms with E-state index in [1.165, 1.54) is 24.9 Å². The van der Waals surface area contributed by atoms with Crippen LogP contribution in [0.5, 0.6) is 5.75 Å². The fourth-order valence-electron chi connectivity index (χ4n) is 3.09. The van der Waals surface area contributed by atoms with Gasteiger partial charge in [0.1, 0.15) is 5.75 Å². The highest BCUT2D eigenvalue weighted by atomic mass is 16.5. The third-order valence-electron chi connectivity index (χ3n) is 4.45. The van der Waals surface area contributed by atoms with Crippen LogP contribution in [0.25, 0.3) is 0 Å². The van der Waals surface area contributed by atoms with E-state index < -0.39 is 0 Å². The highest BCUT2D eigenvalue weighted by molar-refractivity contribution is 6.05. The molecule has 126 valence electrons. The number of ether oxygens (including phenoxy) is 1. The van der Waals surface area contributed by atoms with Crippen molar-refractivity contribution < 1.29 is 9.53 Å². The van der Waals surface area contributed by atoms with E-state index in [-0.39, 0.29) is 5.91 Å². The van der Waals surface area contributed by atoms with Crippen LogP contribution >= 0.6 is 0 Å². The maximum Gasteiger partial charge on any atom is 0.255 e. The highest BCUT2D eigenvalue weighted by Gasteiger charge is 2.13. The van der Waals surface area contributed by atoms with Crippen molar-refractivity contribution >= 4 is 17.3 Å². The second kappa shape index (κ2) is 7.39. The van der Waals surface area contributed by atoms with Crippen LogP contribution in [0.2, 0.25) is 0 Å². The number of carbonyl (C=O) groups is 1.